The zero-order valence-electron chi connectivity index (χ0n) is 10.5. The number of nitro benzene ring substituents is 1. The maximum absolute atomic E-state index is 13.2. The van der Waals surface area contributed by atoms with Crippen LogP contribution >= 0.6 is 0 Å². The van der Waals surface area contributed by atoms with Crippen LogP contribution in [-0.2, 0) is 11.3 Å². The number of carboxylic acids is 1. The van der Waals surface area contributed by atoms with Crippen molar-refractivity contribution in [2.75, 3.05) is 13.6 Å². The Kier molecular flexibility index (Phi) is 5.37. The lowest BCUT2D eigenvalue weighted by Gasteiger charge is -2.15. The summed E-state index contributed by atoms with van der Waals surface area (Å²) in [5, 5.41) is 19.1. The molecule has 1 aromatic carbocycles. The molecule has 0 spiro atoms. The predicted octanol–water partition coefficient (Wildman–Crippen LogP) is 2.03. The normalized spacial score (nSPS) is 10.7. The van der Waals surface area contributed by atoms with Crippen molar-refractivity contribution in [3.8, 4) is 0 Å². The Labute approximate surface area is 109 Å². The highest BCUT2D eigenvalue weighted by Gasteiger charge is 2.11. The van der Waals surface area contributed by atoms with E-state index < -0.39 is 16.7 Å². The van der Waals surface area contributed by atoms with Gasteiger partial charge in [0, 0.05) is 19.0 Å². The van der Waals surface area contributed by atoms with Crippen LogP contribution in [0.3, 0.4) is 0 Å². The third-order valence-corrected chi connectivity index (χ3v) is 2.54. The quantitative estimate of drug-likeness (QED) is 0.605. The Morgan fingerprint density at radius 2 is 2.16 bits per heavy atom. The van der Waals surface area contributed by atoms with Gasteiger partial charge in [0.25, 0.3) is 5.69 Å². The summed E-state index contributed by atoms with van der Waals surface area (Å²) in [4.78, 5) is 22.1. The fraction of sp³-hybridized carbons (Fsp3) is 0.417. The number of hydrogen-bond acceptors (Lipinski definition) is 4. The zero-order chi connectivity index (χ0) is 14.4. The van der Waals surface area contributed by atoms with E-state index in [-0.39, 0.29) is 12.1 Å². The first-order valence-corrected chi connectivity index (χ1v) is 5.72. The molecule has 0 aromatic heterocycles. The third-order valence-electron chi connectivity index (χ3n) is 2.54. The summed E-state index contributed by atoms with van der Waals surface area (Å²) >= 11 is 0. The molecule has 0 bridgehead atoms. The van der Waals surface area contributed by atoms with Crippen LogP contribution in [0, 0.1) is 15.9 Å². The molecule has 0 saturated carbocycles. The molecule has 0 aliphatic heterocycles. The highest BCUT2D eigenvalue weighted by atomic mass is 19.1. The number of carboxylic acid groups (broad SMARTS) is 1. The van der Waals surface area contributed by atoms with E-state index in [9.17, 15) is 19.3 Å². The molecule has 0 aliphatic rings. The van der Waals surface area contributed by atoms with E-state index in [1.807, 2.05) is 0 Å². The van der Waals surface area contributed by atoms with Gasteiger partial charge in [0.2, 0.25) is 0 Å². The predicted molar refractivity (Wildman–Crippen MR) is 66.3 cm³/mol. The van der Waals surface area contributed by atoms with Crippen LogP contribution in [0.1, 0.15) is 18.4 Å². The number of halogens is 1. The van der Waals surface area contributed by atoms with Crippen molar-refractivity contribution in [1.29, 1.82) is 0 Å². The molecule has 1 N–H and O–H groups in total. The second kappa shape index (κ2) is 6.79. The van der Waals surface area contributed by atoms with E-state index in [2.05, 4.69) is 0 Å². The largest absolute Gasteiger partial charge is 0.481 e. The summed E-state index contributed by atoms with van der Waals surface area (Å²) in [6.07, 6.45) is 0.539. The van der Waals surface area contributed by atoms with Crippen LogP contribution in [0.2, 0.25) is 0 Å². The standard InChI is InChI=1S/C12H15FN2O4/c1-14(4-2-3-12(16)17)8-9-5-10(13)7-11(6-9)15(18)19/h5-7H,2-4,8H2,1H3,(H,16,17). The molecule has 19 heavy (non-hydrogen) atoms. The molecule has 0 saturated heterocycles. The molecule has 7 heteroatoms. The van der Waals surface area contributed by atoms with Gasteiger partial charge in [-0.1, -0.05) is 0 Å². The van der Waals surface area contributed by atoms with Gasteiger partial charge >= 0.3 is 5.97 Å². The van der Waals surface area contributed by atoms with E-state index >= 15 is 0 Å². The van der Waals surface area contributed by atoms with Crippen LogP contribution in [0.4, 0.5) is 10.1 Å². The molecule has 0 fully saturated rings. The van der Waals surface area contributed by atoms with Gasteiger partial charge < -0.3 is 10.0 Å². The summed E-state index contributed by atoms with van der Waals surface area (Å²) in [5.74, 6) is -1.52. The number of benzene rings is 1. The zero-order valence-corrected chi connectivity index (χ0v) is 10.5. The van der Waals surface area contributed by atoms with Gasteiger partial charge in [0.1, 0.15) is 5.82 Å². The van der Waals surface area contributed by atoms with Gasteiger partial charge in [-0.2, -0.15) is 0 Å². The van der Waals surface area contributed by atoms with Crippen LogP contribution in [0.25, 0.3) is 0 Å². The number of nitrogens with zero attached hydrogens (tertiary/aromatic N) is 2. The SMILES string of the molecule is CN(CCCC(=O)O)Cc1cc(F)cc([N+](=O)[O-])c1. The van der Waals surface area contributed by atoms with Gasteiger partial charge in [-0.3, -0.25) is 14.9 Å². The lowest BCUT2D eigenvalue weighted by atomic mass is 10.2. The Morgan fingerprint density at radius 3 is 2.74 bits per heavy atom. The smallest absolute Gasteiger partial charge is 0.303 e. The minimum atomic E-state index is -0.866. The first-order valence-electron chi connectivity index (χ1n) is 5.72. The number of nitro groups is 1. The Bertz CT molecular complexity index is 479. The van der Waals surface area contributed by atoms with Gasteiger partial charge in [0.15, 0.2) is 0 Å². The highest BCUT2D eigenvalue weighted by Crippen LogP contribution is 2.17. The summed E-state index contributed by atoms with van der Waals surface area (Å²) < 4.78 is 13.2. The molecule has 1 aromatic rings. The molecule has 0 heterocycles. The second-order valence-corrected chi connectivity index (χ2v) is 4.31. The molecule has 104 valence electrons. The van der Waals surface area contributed by atoms with Crippen molar-refractivity contribution in [3.63, 3.8) is 0 Å². The molecule has 1 rings (SSSR count). The first kappa shape index (κ1) is 15.0. The van der Waals surface area contributed by atoms with Crippen LogP contribution in [-0.4, -0.2) is 34.5 Å². The van der Waals surface area contributed by atoms with Crippen LogP contribution < -0.4 is 0 Å². The van der Waals surface area contributed by atoms with E-state index in [1.165, 1.54) is 12.1 Å². The average molecular weight is 270 g/mol. The molecule has 0 aliphatic carbocycles. The lowest BCUT2D eigenvalue weighted by Crippen LogP contribution is -2.20. The van der Waals surface area contributed by atoms with Crippen molar-refractivity contribution < 1.29 is 19.2 Å². The van der Waals surface area contributed by atoms with Gasteiger partial charge in [-0.05, 0) is 31.6 Å². The Balaban J connectivity index is 2.61. The Hall–Kier alpha value is -2.02. The molecule has 0 atom stereocenters. The monoisotopic (exact) mass is 270 g/mol. The summed E-state index contributed by atoms with van der Waals surface area (Å²) in [6.45, 7) is 0.856. The number of aliphatic carboxylic acids is 1. The molecule has 0 unspecified atom stereocenters. The van der Waals surface area contributed by atoms with Crippen molar-refractivity contribution in [2.45, 2.75) is 19.4 Å². The van der Waals surface area contributed by atoms with Crippen molar-refractivity contribution >= 4 is 11.7 Å². The number of rotatable bonds is 7. The van der Waals surface area contributed by atoms with Crippen LogP contribution in [0.5, 0.6) is 0 Å². The minimum absolute atomic E-state index is 0.0631. The minimum Gasteiger partial charge on any atom is -0.481 e. The Morgan fingerprint density at radius 1 is 1.47 bits per heavy atom. The van der Waals surface area contributed by atoms with Crippen molar-refractivity contribution in [2.24, 2.45) is 0 Å². The maximum Gasteiger partial charge on any atom is 0.303 e. The number of carbonyl (C=O) groups is 1. The summed E-state index contributed by atoms with van der Waals surface area (Å²) in [6, 6.07) is 3.42. The molecule has 6 nitrogen and oxygen atoms in total. The second-order valence-electron chi connectivity index (χ2n) is 4.31. The highest BCUT2D eigenvalue weighted by molar-refractivity contribution is 5.66. The van der Waals surface area contributed by atoms with Crippen LogP contribution in [0.15, 0.2) is 18.2 Å². The van der Waals surface area contributed by atoms with E-state index in [1.54, 1.807) is 11.9 Å². The lowest BCUT2D eigenvalue weighted by molar-refractivity contribution is -0.385. The molecule has 0 radical (unpaired) electrons. The van der Waals surface area contributed by atoms with E-state index in [0.717, 1.165) is 6.07 Å². The maximum atomic E-state index is 13.2. The van der Waals surface area contributed by atoms with Crippen molar-refractivity contribution in [3.05, 3.63) is 39.7 Å². The summed E-state index contributed by atoms with van der Waals surface area (Å²) in [7, 11) is 1.75. The average Bonchev–Trinajstić information content (AvgIpc) is 2.27. The number of hydrogen-bond donors (Lipinski definition) is 1. The molecular formula is C12H15FN2O4. The molecular weight excluding hydrogens is 255 g/mol. The first-order chi connectivity index (χ1) is 8.88. The fourth-order valence-corrected chi connectivity index (χ4v) is 1.72. The van der Waals surface area contributed by atoms with Gasteiger partial charge in [-0.25, -0.2) is 4.39 Å². The van der Waals surface area contributed by atoms with E-state index in [0.29, 0.717) is 25.1 Å². The van der Waals surface area contributed by atoms with Gasteiger partial charge in [0.05, 0.1) is 11.0 Å². The topological polar surface area (TPSA) is 83.7 Å². The molecule has 0 amide bonds. The summed E-state index contributed by atoms with van der Waals surface area (Å²) in [5.41, 5.74) is 0.207. The number of non-ortho nitro benzene ring substituents is 1. The fourth-order valence-electron chi connectivity index (χ4n) is 1.72. The third kappa shape index (κ3) is 5.43. The van der Waals surface area contributed by atoms with Crippen molar-refractivity contribution in [1.82, 2.24) is 4.90 Å². The van der Waals surface area contributed by atoms with E-state index in [4.69, 9.17) is 5.11 Å². The van der Waals surface area contributed by atoms with Gasteiger partial charge in [-0.15, -0.1) is 0 Å².